The third kappa shape index (κ3) is 2.42. The number of imidazole rings is 1. The molecule has 0 saturated heterocycles. The Morgan fingerprint density at radius 2 is 2.28 bits per heavy atom. The van der Waals surface area contributed by atoms with Gasteiger partial charge < -0.3 is 10.3 Å². The van der Waals surface area contributed by atoms with Gasteiger partial charge in [0.2, 0.25) is 0 Å². The molecule has 94 valence electrons. The number of hydrogen-bond acceptors (Lipinski definition) is 3. The fourth-order valence-electron chi connectivity index (χ4n) is 1.88. The summed E-state index contributed by atoms with van der Waals surface area (Å²) in [5.41, 5.74) is 7.81. The van der Waals surface area contributed by atoms with Gasteiger partial charge in [0.05, 0.1) is 5.69 Å². The Bertz CT molecular complexity index is 575. The van der Waals surface area contributed by atoms with E-state index in [9.17, 15) is 0 Å². The van der Waals surface area contributed by atoms with Crippen molar-refractivity contribution < 1.29 is 0 Å². The van der Waals surface area contributed by atoms with E-state index < -0.39 is 0 Å². The molecule has 0 fully saturated rings. The summed E-state index contributed by atoms with van der Waals surface area (Å²) >= 11 is 6.95. The summed E-state index contributed by atoms with van der Waals surface area (Å²) in [5.74, 6) is 1.91. The van der Waals surface area contributed by atoms with E-state index in [0.717, 1.165) is 27.7 Å². The molecule has 0 unspecified atom stereocenters. The molecule has 3 nitrogen and oxygen atoms in total. The first kappa shape index (κ1) is 13.1. The molecule has 18 heavy (non-hydrogen) atoms. The van der Waals surface area contributed by atoms with E-state index in [2.05, 4.69) is 18.0 Å². The molecule has 0 radical (unpaired) electrons. The molecule has 0 aliphatic heterocycles. The first-order valence-corrected chi connectivity index (χ1v) is 7.10. The van der Waals surface area contributed by atoms with Crippen LogP contribution in [0.15, 0.2) is 35.5 Å². The van der Waals surface area contributed by atoms with Gasteiger partial charge in [0, 0.05) is 22.9 Å². The third-order valence-corrected chi connectivity index (χ3v) is 3.78. The zero-order valence-corrected chi connectivity index (χ0v) is 12.0. The van der Waals surface area contributed by atoms with Gasteiger partial charge in [-0.25, -0.2) is 4.98 Å². The zero-order valence-electron chi connectivity index (χ0n) is 10.4. The molecule has 2 aromatic rings. The van der Waals surface area contributed by atoms with Crippen molar-refractivity contribution in [3.63, 3.8) is 0 Å². The minimum absolute atomic E-state index is 0.426. The molecular formula is C13H15N3S2. The number of rotatable bonds is 4. The van der Waals surface area contributed by atoms with Crippen molar-refractivity contribution in [2.24, 2.45) is 5.73 Å². The summed E-state index contributed by atoms with van der Waals surface area (Å²) in [4.78, 5) is 5.79. The number of hydrogen-bond donors (Lipinski definition) is 1. The Morgan fingerprint density at radius 1 is 1.50 bits per heavy atom. The van der Waals surface area contributed by atoms with Crippen LogP contribution >= 0.6 is 24.0 Å². The van der Waals surface area contributed by atoms with Gasteiger partial charge in [-0.15, -0.1) is 11.8 Å². The molecule has 0 saturated carbocycles. The highest BCUT2D eigenvalue weighted by Crippen LogP contribution is 2.28. The summed E-state index contributed by atoms with van der Waals surface area (Å²) in [6.45, 7) is 4.08. The average Bonchev–Trinajstić information content (AvgIpc) is 2.75. The van der Waals surface area contributed by atoms with Crippen molar-refractivity contribution in [1.82, 2.24) is 9.55 Å². The molecular weight excluding hydrogens is 262 g/mol. The maximum absolute atomic E-state index is 5.89. The summed E-state index contributed by atoms with van der Waals surface area (Å²) in [6, 6.07) is 6.09. The van der Waals surface area contributed by atoms with Gasteiger partial charge >= 0.3 is 0 Å². The van der Waals surface area contributed by atoms with Crippen LogP contribution in [0.4, 0.5) is 0 Å². The topological polar surface area (TPSA) is 43.8 Å². The van der Waals surface area contributed by atoms with E-state index in [4.69, 9.17) is 18.0 Å². The number of thioether (sulfide) groups is 1. The maximum Gasteiger partial charge on any atom is 0.110 e. The van der Waals surface area contributed by atoms with Crippen molar-refractivity contribution in [3.8, 4) is 5.69 Å². The molecule has 0 amide bonds. The van der Waals surface area contributed by atoms with E-state index in [0.29, 0.717) is 4.99 Å². The van der Waals surface area contributed by atoms with Gasteiger partial charge in [-0.1, -0.05) is 25.2 Å². The first-order chi connectivity index (χ1) is 8.65. The standard InChI is InChI=1S/C13H15N3S2/c1-3-18-11-6-4-5-10(12(11)13(14)17)16-8-7-15-9(16)2/h4-8H,3H2,1-2H3,(H2,14,17). The van der Waals surface area contributed by atoms with Gasteiger partial charge in [-0.05, 0) is 24.8 Å². The van der Waals surface area contributed by atoms with E-state index in [1.54, 1.807) is 18.0 Å². The predicted molar refractivity (Wildman–Crippen MR) is 80.6 cm³/mol. The number of aromatic nitrogens is 2. The Morgan fingerprint density at radius 3 is 2.83 bits per heavy atom. The SMILES string of the molecule is CCSc1cccc(-n2ccnc2C)c1C(N)=S. The highest BCUT2D eigenvalue weighted by atomic mass is 32.2. The molecule has 0 spiro atoms. The van der Waals surface area contributed by atoms with E-state index in [-0.39, 0.29) is 0 Å². The van der Waals surface area contributed by atoms with Crippen LogP contribution in [0.1, 0.15) is 18.3 Å². The van der Waals surface area contributed by atoms with Gasteiger partial charge in [0.1, 0.15) is 10.8 Å². The number of aryl methyl sites for hydroxylation is 1. The number of nitrogens with zero attached hydrogens (tertiary/aromatic N) is 2. The van der Waals surface area contributed by atoms with Crippen LogP contribution in [0.25, 0.3) is 5.69 Å². The van der Waals surface area contributed by atoms with Crippen molar-refractivity contribution >= 4 is 29.0 Å². The lowest BCUT2D eigenvalue weighted by atomic mass is 10.1. The number of benzene rings is 1. The Labute approximate surface area is 116 Å². The van der Waals surface area contributed by atoms with Gasteiger partial charge in [0.15, 0.2) is 0 Å². The molecule has 5 heteroatoms. The third-order valence-electron chi connectivity index (χ3n) is 2.64. The van der Waals surface area contributed by atoms with E-state index >= 15 is 0 Å². The minimum Gasteiger partial charge on any atom is -0.389 e. The monoisotopic (exact) mass is 277 g/mol. The Hall–Kier alpha value is -1.33. The molecule has 1 aromatic carbocycles. The molecule has 2 N–H and O–H groups in total. The van der Waals surface area contributed by atoms with Crippen molar-refractivity contribution in [2.45, 2.75) is 18.7 Å². The van der Waals surface area contributed by atoms with Crippen LogP contribution in [0, 0.1) is 6.92 Å². The van der Waals surface area contributed by atoms with Crippen LogP contribution in [-0.4, -0.2) is 20.3 Å². The lowest BCUT2D eigenvalue weighted by molar-refractivity contribution is 0.967. The zero-order chi connectivity index (χ0) is 13.1. The largest absolute Gasteiger partial charge is 0.389 e. The predicted octanol–water partition coefficient (Wildman–Crippen LogP) is 2.93. The lowest BCUT2D eigenvalue weighted by Gasteiger charge is -2.14. The Kier molecular flexibility index (Phi) is 4.04. The summed E-state index contributed by atoms with van der Waals surface area (Å²) in [6.07, 6.45) is 3.70. The van der Waals surface area contributed by atoms with Gasteiger partial charge in [-0.3, -0.25) is 0 Å². The van der Waals surface area contributed by atoms with Crippen molar-refractivity contribution in [2.75, 3.05) is 5.75 Å². The second-order valence-corrected chi connectivity index (χ2v) is 5.54. The number of thiocarbonyl (C=S) groups is 1. The van der Waals surface area contributed by atoms with Crippen LogP contribution in [-0.2, 0) is 0 Å². The maximum atomic E-state index is 5.89. The van der Waals surface area contributed by atoms with E-state index in [1.165, 1.54) is 0 Å². The van der Waals surface area contributed by atoms with Crippen LogP contribution < -0.4 is 5.73 Å². The van der Waals surface area contributed by atoms with Crippen LogP contribution in [0.5, 0.6) is 0 Å². The van der Waals surface area contributed by atoms with Crippen molar-refractivity contribution in [1.29, 1.82) is 0 Å². The molecule has 1 heterocycles. The fraction of sp³-hybridized carbons (Fsp3) is 0.231. The molecule has 0 aliphatic carbocycles. The highest BCUT2D eigenvalue weighted by molar-refractivity contribution is 7.99. The molecule has 1 aromatic heterocycles. The average molecular weight is 277 g/mol. The molecule has 0 atom stereocenters. The molecule has 0 aliphatic rings. The normalized spacial score (nSPS) is 10.6. The highest BCUT2D eigenvalue weighted by Gasteiger charge is 2.13. The summed E-state index contributed by atoms with van der Waals surface area (Å²) < 4.78 is 2.01. The summed E-state index contributed by atoms with van der Waals surface area (Å²) in [7, 11) is 0. The summed E-state index contributed by atoms with van der Waals surface area (Å²) in [5, 5.41) is 0. The number of nitrogens with two attached hydrogens (primary N) is 1. The quantitative estimate of drug-likeness (QED) is 0.689. The van der Waals surface area contributed by atoms with Gasteiger partial charge in [0.25, 0.3) is 0 Å². The van der Waals surface area contributed by atoms with Gasteiger partial charge in [-0.2, -0.15) is 0 Å². The van der Waals surface area contributed by atoms with Crippen LogP contribution in [0.2, 0.25) is 0 Å². The Balaban J connectivity index is 2.64. The first-order valence-electron chi connectivity index (χ1n) is 5.71. The smallest absolute Gasteiger partial charge is 0.110 e. The fourth-order valence-corrected chi connectivity index (χ4v) is 3.00. The van der Waals surface area contributed by atoms with E-state index in [1.807, 2.05) is 29.8 Å². The second-order valence-electron chi connectivity index (χ2n) is 3.79. The van der Waals surface area contributed by atoms with Crippen molar-refractivity contribution in [3.05, 3.63) is 42.0 Å². The molecule has 0 bridgehead atoms. The minimum atomic E-state index is 0.426. The lowest BCUT2D eigenvalue weighted by Crippen LogP contribution is -2.15. The second kappa shape index (κ2) is 5.54. The molecule has 2 rings (SSSR count). The van der Waals surface area contributed by atoms with Crippen LogP contribution in [0.3, 0.4) is 0 Å².